The number of rotatable bonds is 14. The van der Waals surface area contributed by atoms with Crippen LogP contribution >= 0.6 is 0 Å². The quantitative estimate of drug-likeness (QED) is 0.259. The molecule has 0 bridgehead atoms. The fourth-order valence-corrected chi connectivity index (χ4v) is 4.02. The third-order valence-corrected chi connectivity index (χ3v) is 5.96. The van der Waals surface area contributed by atoms with Crippen molar-refractivity contribution in [3.63, 3.8) is 0 Å². The molecule has 1 aliphatic heterocycles. The number of aryl methyl sites for hydroxylation is 1. The second-order valence-electron chi connectivity index (χ2n) is 8.52. The van der Waals surface area contributed by atoms with Crippen LogP contribution in [0.2, 0.25) is 0 Å². The van der Waals surface area contributed by atoms with E-state index in [1.807, 2.05) is 19.1 Å². The van der Waals surface area contributed by atoms with Crippen molar-refractivity contribution in [3.8, 4) is 5.75 Å². The van der Waals surface area contributed by atoms with E-state index in [-0.39, 0.29) is 12.0 Å². The Morgan fingerprint density at radius 2 is 1.49 bits per heavy atom. The Kier molecular flexibility index (Phi) is 16.4. The lowest BCUT2D eigenvalue weighted by Gasteiger charge is -2.30. The van der Waals surface area contributed by atoms with Crippen LogP contribution in [0.15, 0.2) is 24.3 Å². The van der Waals surface area contributed by atoms with Crippen molar-refractivity contribution in [2.24, 2.45) is 0 Å². The zero-order valence-electron chi connectivity index (χ0n) is 21.7. The van der Waals surface area contributed by atoms with Crippen molar-refractivity contribution in [3.05, 3.63) is 29.8 Å². The third-order valence-electron chi connectivity index (χ3n) is 5.96. The van der Waals surface area contributed by atoms with Crippen molar-refractivity contribution in [1.29, 1.82) is 0 Å². The molecule has 2 rings (SSSR count). The van der Waals surface area contributed by atoms with Crippen molar-refractivity contribution in [1.82, 2.24) is 20.9 Å². The molecule has 9 nitrogen and oxygen atoms in total. The number of esters is 1. The fraction of sp³-hybridized carbons (Fsp3) is 0.731. The van der Waals surface area contributed by atoms with Crippen molar-refractivity contribution in [2.75, 3.05) is 92.5 Å². The summed E-state index contributed by atoms with van der Waals surface area (Å²) in [5.41, 5.74) is 1.23. The Bertz CT molecular complexity index is 650. The molecule has 1 aliphatic rings. The van der Waals surface area contributed by atoms with E-state index in [1.54, 1.807) is 0 Å². The van der Waals surface area contributed by atoms with Gasteiger partial charge in [-0.2, -0.15) is 0 Å². The minimum atomic E-state index is -0.227. The number of carbonyl (C=O) groups excluding carboxylic acids is 1. The molecule has 0 spiro atoms. The average molecular weight is 495 g/mol. The summed E-state index contributed by atoms with van der Waals surface area (Å²) in [6, 6.07) is 7.95. The van der Waals surface area contributed by atoms with Crippen LogP contribution in [0.25, 0.3) is 0 Å². The van der Waals surface area contributed by atoms with Gasteiger partial charge in [0.05, 0.1) is 26.9 Å². The van der Waals surface area contributed by atoms with Crippen LogP contribution in [0.4, 0.5) is 0 Å². The highest BCUT2D eigenvalue weighted by molar-refractivity contribution is 5.75. The summed E-state index contributed by atoms with van der Waals surface area (Å²) in [7, 11) is 1.48. The minimum absolute atomic E-state index is 0.147. The molecule has 0 amide bonds. The van der Waals surface area contributed by atoms with Crippen LogP contribution in [0.3, 0.4) is 0 Å². The Hall–Kier alpha value is -1.75. The summed E-state index contributed by atoms with van der Waals surface area (Å²) < 4.78 is 21.6. The molecule has 1 aromatic rings. The van der Waals surface area contributed by atoms with Crippen LogP contribution in [0.5, 0.6) is 5.75 Å². The molecule has 0 aliphatic carbocycles. The van der Waals surface area contributed by atoms with Gasteiger partial charge in [0.2, 0.25) is 0 Å². The summed E-state index contributed by atoms with van der Waals surface area (Å²) in [5, 5.41) is 10.3. The molecule has 0 radical (unpaired) electrons. The Morgan fingerprint density at radius 3 is 2.11 bits per heavy atom. The van der Waals surface area contributed by atoms with Crippen molar-refractivity contribution >= 4 is 5.97 Å². The van der Waals surface area contributed by atoms with Gasteiger partial charge in [0.25, 0.3) is 0 Å². The van der Waals surface area contributed by atoms with Gasteiger partial charge in [-0.05, 0) is 43.9 Å². The maximum atomic E-state index is 12.6. The molecule has 0 unspecified atom stereocenters. The first-order valence-corrected chi connectivity index (χ1v) is 13.1. The van der Waals surface area contributed by atoms with Crippen LogP contribution < -0.4 is 20.7 Å². The monoisotopic (exact) mass is 494 g/mol. The van der Waals surface area contributed by atoms with E-state index in [1.165, 1.54) is 12.7 Å². The van der Waals surface area contributed by atoms with Gasteiger partial charge in [-0.1, -0.05) is 12.1 Å². The second-order valence-corrected chi connectivity index (χ2v) is 8.52. The van der Waals surface area contributed by atoms with Crippen molar-refractivity contribution in [2.45, 2.75) is 32.2 Å². The van der Waals surface area contributed by atoms with E-state index < -0.39 is 0 Å². The number of ether oxygens (including phenoxy) is 4. The molecule has 1 aromatic carbocycles. The maximum absolute atomic E-state index is 12.6. The predicted octanol–water partition coefficient (Wildman–Crippen LogP) is 1.07. The van der Waals surface area contributed by atoms with Gasteiger partial charge in [-0.3, -0.25) is 9.69 Å². The van der Waals surface area contributed by atoms with E-state index >= 15 is 0 Å². The lowest BCUT2D eigenvalue weighted by molar-refractivity contribution is -0.147. The lowest BCUT2D eigenvalue weighted by Crippen LogP contribution is -2.49. The molecular weight excluding hydrogens is 448 g/mol. The first kappa shape index (κ1) is 29.5. The van der Waals surface area contributed by atoms with E-state index in [4.69, 9.17) is 18.9 Å². The first-order valence-electron chi connectivity index (χ1n) is 13.1. The molecule has 1 fully saturated rings. The van der Waals surface area contributed by atoms with E-state index in [0.29, 0.717) is 33.0 Å². The van der Waals surface area contributed by atoms with Crippen molar-refractivity contribution < 1.29 is 23.7 Å². The molecule has 0 saturated carbocycles. The fourth-order valence-electron chi connectivity index (χ4n) is 4.02. The van der Waals surface area contributed by atoms with Gasteiger partial charge in [0.15, 0.2) is 0 Å². The Labute approximate surface area is 211 Å². The number of hydrogen-bond donors (Lipinski definition) is 3. The summed E-state index contributed by atoms with van der Waals surface area (Å²) in [6.45, 7) is 12.1. The van der Waals surface area contributed by atoms with E-state index in [9.17, 15) is 4.79 Å². The highest BCUT2D eigenvalue weighted by Gasteiger charge is 2.26. The molecular formula is C26H46N4O5. The Balaban J connectivity index is 1.76. The standard InChI is InChI=1S/C26H46N4O5/c1-3-33-19-20-34-21-22-35-24-9-7-23(8-10-24)5-4-6-25(26(31)32-2)30-17-15-28-13-11-27-12-14-29-16-18-30/h7-10,25,27-29H,3-6,11-22H2,1-2H3/t25-/m0/s1. The molecule has 9 heteroatoms. The van der Waals surface area contributed by atoms with Gasteiger partial charge in [-0.15, -0.1) is 0 Å². The van der Waals surface area contributed by atoms with Gasteiger partial charge >= 0.3 is 5.97 Å². The number of carbonyl (C=O) groups is 1. The minimum Gasteiger partial charge on any atom is -0.491 e. The molecule has 35 heavy (non-hydrogen) atoms. The number of hydrogen-bond acceptors (Lipinski definition) is 9. The largest absolute Gasteiger partial charge is 0.491 e. The summed E-state index contributed by atoms with van der Waals surface area (Å²) >= 11 is 0. The predicted molar refractivity (Wildman–Crippen MR) is 138 cm³/mol. The number of methoxy groups -OCH3 is 1. The third kappa shape index (κ3) is 13.2. The topological polar surface area (TPSA) is 93.3 Å². The summed E-state index contributed by atoms with van der Waals surface area (Å²) in [6.07, 6.45) is 2.59. The molecule has 1 heterocycles. The number of nitrogens with zero attached hydrogens (tertiary/aromatic N) is 1. The number of benzene rings is 1. The Morgan fingerprint density at radius 1 is 0.886 bits per heavy atom. The molecule has 200 valence electrons. The molecule has 3 N–H and O–H groups in total. The van der Waals surface area contributed by atoms with Gasteiger partial charge in [0, 0.05) is 59.0 Å². The highest BCUT2D eigenvalue weighted by atomic mass is 16.5. The first-order chi connectivity index (χ1) is 17.2. The van der Waals surface area contributed by atoms with Crippen LogP contribution in [-0.2, 0) is 25.4 Å². The van der Waals surface area contributed by atoms with E-state index in [2.05, 4.69) is 33.0 Å². The average Bonchev–Trinajstić information content (AvgIpc) is 2.87. The normalized spacial score (nSPS) is 17.2. The highest BCUT2D eigenvalue weighted by Crippen LogP contribution is 2.16. The number of nitrogens with one attached hydrogen (secondary N) is 3. The van der Waals surface area contributed by atoms with Gasteiger partial charge in [0.1, 0.15) is 18.4 Å². The maximum Gasteiger partial charge on any atom is 0.323 e. The van der Waals surface area contributed by atoms with Gasteiger partial charge in [-0.25, -0.2) is 0 Å². The summed E-state index contributed by atoms with van der Waals surface area (Å²) in [5.74, 6) is 0.690. The smallest absolute Gasteiger partial charge is 0.323 e. The van der Waals surface area contributed by atoms with Crippen LogP contribution in [0.1, 0.15) is 25.3 Å². The zero-order chi connectivity index (χ0) is 25.0. The van der Waals surface area contributed by atoms with Crippen LogP contribution in [-0.4, -0.2) is 109 Å². The second kappa shape index (κ2) is 19.4. The molecule has 1 atom stereocenters. The zero-order valence-corrected chi connectivity index (χ0v) is 21.7. The molecule has 0 aromatic heterocycles. The summed E-state index contributed by atoms with van der Waals surface area (Å²) in [4.78, 5) is 14.9. The van der Waals surface area contributed by atoms with Crippen LogP contribution in [0, 0.1) is 0 Å². The van der Waals surface area contributed by atoms with Gasteiger partial charge < -0.3 is 34.9 Å². The SMILES string of the molecule is CCOCCOCCOc1ccc(CCC[C@@H](C(=O)OC)N2CCNCCNCCNCC2)cc1. The van der Waals surface area contributed by atoms with E-state index in [0.717, 1.165) is 77.4 Å². The molecule has 1 saturated heterocycles. The lowest BCUT2D eigenvalue weighted by atomic mass is 10.0.